The van der Waals surface area contributed by atoms with Gasteiger partial charge < -0.3 is 5.11 Å². The second kappa shape index (κ2) is 8.12. The highest BCUT2D eigenvalue weighted by Crippen LogP contribution is 2.47. The summed E-state index contributed by atoms with van der Waals surface area (Å²) in [7, 11) is -4.74. The molecule has 1 atom stereocenters. The fourth-order valence-corrected chi connectivity index (χ4v) is 5.03. The molecule has 5 aromatic rings. The molecule has 0 fully saturated rings. The summed E-state index contributed by atoms with van der Waals surface area (Å²) in [4.78, 5) is -0.581. The maximum atomic E-state index is 14.6. The third kappa shape index (κ3) is 3.72. The van der Waals surface area contributed by atoms with Crippen molar-refractivity contribution in [2.75, 3.05) is 0 Å². The Hall–Kier alpha value is -3.80. The van der Waals surface area contributed by atoms with Crippen molar-refractivity contribution < 1.29 is 35.6 Å². The van der Waals surface area contributed by atoms with Crippen LogP contribution in [0.1, 0.15) is 11.1 Å². The Labute approximate surface area is 201 Å². The van der Waals surface area contributed by atoms with Crippen LogP contribution >= 0.6 is 0 Å². The van der Waals surface area contributed by atoms with E-state index in [9.17, 15) is 35.6 Å². The predicted octanol–water partition coefficient (Wildman–Crippen LogP) is 5.36. The largest absolute Gasteiger partial charge is 0.425 e. The first-order chi connectivity index (χ1) is 16.9. The van der Waals surface area contributed by atoms with Crippen molar-refractivity contribution in [3.63, 3.8) is 0 Å². The molecule has 0 aliphatic rings. The normalized spacial score (nSPS) is 14.3. The molecule has 6 nitrogen and oxygen atoms in total. The van der Waals surface area contributed by atoms with Crippen LogP contribution < -0.4 is 0 Å². The first-order valence-corrected chi connectivity index (χ1v) is 11.9. The average molecular weight is 516 g/mol. The van der Waals surface area contributed by atoms with Gasteiger partial charge in [-0.15, -0.1) is 0 Å². The van der Waals surface area contributed by atoms with Crippen LogP contribution in [0.2, 0.25) is 0 Å². The lowest BCUT2D eigenvalue weighted by Crippen LogP contribution is -2.43. The summed E-state index contributed by atoms with van der Waals surface area (Å²) in [6, 6.07) is 15.9. The summed E-state index contributed by atoms with van der Waals surface area (Å²) in [6.45, 7) is 0. The highest BCUT2D eigenvalue weighted by molar-refractivity contribution is 7.86. The maximum Gasteiger partial charge on any atom is 0.425 e. The molecule has 5 rings (SSSR count). The van der Waals surface area contributed by atoms with E-state index in [2.05, 4.69) is 5.10 Å². The minimum atomic E-state index is -5.21. The molecule has 1 heterocycles. The highest BCUT2D eigenvalue weighted by atomic mass is 32.2. The molecule has 0 bridgehead atoms. The Bertz CT molecular complexity index is 1730. The summed E-state index contributed by atoms with van der Waals surface area (Å²) < 4.78 is 91.6. The van der Waals surface area contributed by atoms with E-state index in [4.69, 9.17) is 0 Å². The quantitative estimate of drug-likeness (QED) is 0.248. The van der Waals surface area contributed by atoms with E-state index >= 15 is 0 Å². The fourth-order valence-electron chi connectivity index (χ4n) is 4.33. The number of hydrogen-bond acceptors (Lipinski definition) is 4. The number of alkyl halides is 3. The lowest BCUT2D eigenvalue weighted by Gasteiger charge is -2.32. The molecule has 2 N–H and O–H groups in total. The highest BCUT2D eigenvalue weighted by Gasteiger charge is 2.57. The monoisotopic (exact) mass is 516 g/mol. The van der Waals surface area contributed by atoms with Crippen LogP contribution in [0.15, 0.2) is 90.0 Å². The molecule has 0 radical (unpaired) electrons. The molecule has 0 saturated carbocycles. The molecule has 36 heavy (non-hydrogen) atoms. The van der Waals surface area contributed by atoms with Gasteiger partial charge in [-0.05, 0) is 53.4 Å². The van der Waals surface area contributed by atoms with E-state index in [1.807, 2.05) is 0 Å². The number of aromatic nitrogens is 2. The number of nitrogens with zero attached hydrogens (tertiary/aromatic N) is 2. The van der Waals surface area contributed by atoms with Crippen LogP contribution in [-0.2, 0) is 15.7 Å². The number of aliphatic hydroxyl groups is 1. The van der Waals surface area contributed by atoms with Crippen LogP contribution in [0.4, 0.5) is 17.6 Å². The lowest BCUT2D eigenvalue weighted by atomic mass is 9.82. The number of halogens is 4. The summed E-state index contributed by atoms with van der Waals surface area (Å²) >= 11 is 0. The SMILES string of the molecule is O=S(=O)(O)c1ccc(C(O)(c2ccc3c(cnn3-c3ccc(F)cc3)c2)C(F)(F)F)c2ccccc12. The third-order valence-corrected chi connectivity index (χ3v) is 6.93. The second-order valence-corrected chi connectivity index (χ2v) is 9.54. The van der Waals surface area contributed by atoms with Crippen LogP contribution in [0, 0.1) is 5.82 Å². The van der Waals surface area contributed by atoms with Crippen molar-refractivity contribution in [1.82, 2.24) is 9.78 Å². The molecule has 4 aromatic carbocycles. The molecule has 0 amide bonds. The van der Waals surface area contributed by atoms with E-state index in [1.165, 1.54) is 65.5 Å². The number of rotatable bonds is 4. The van der Waals surface area contributed by atoms with Crippen molar-refractivity contribution in [3.8, 4) is 5.69 Å². The standard InChI is InChI=1S/C25H16F4N2O4S/c26-17-6-8-18(9-7-17)31-22-11-5-16(13-15(22)14-30-31)24(32,25(27,28)29)21-10-12-23(36(33,34)35)20-4-2-1-3-19(20)21/h1-14,32H,(H,33,34,35). The summed E-state index contributed by atoms with van der Waals surface area (Å²) in [5, 5.41) is 15.4. The summed E-state index contributed by atoms with van der Waals surface area (Å²) in [5.41, 5.74) is -3.76. The van der Waals surface area contributed by atoms with Crippen LogP contribution in [0.3, 0.4) is 0 Å². The average Bonchev–Trinajstić information content (AvgIpc) is 3.25. The minimum Gasteiger partial charge on any atom is -0.372 e. The summed E-state index contributed by atoms with van der Waals surface area (Å²) in [5.74, 6) is -0.458. The van der Waals surface area contributed by atoms with Gasteiger partial charge in [-0.2, -0.15) is 26.7 Å². The first kappa shape index (κ1) is 23.9. The summed E-state index contributed by atoms with van der Waals surface area (Å²) in [6.07, 6.45) is -3.89. The number of benzene rings is 4. The van der Waals surface area contributed by atoms with Gasteiger partial charge in [0.05, 0.1) is 17.4 Å². The molecule has 1 unspecified atom stereocenters. The molecule has 11 heteroatoms. The van der Waals surface area contributed by atoms with Gasteiger partial charge in [-0.3, -0.25) is 4.55 Å². The Kier molecular flexibility index (Phi) is 5.39. The smallest absolute Gasteiger partial charge is 0.372 e. The van der Waals surface area contributed by atoms with Gasteiger partial charge in [0, 0.05) is 16.3 Å². The van der Waals surface area contributed by atoms with E-state index in [0.29, 0.717) is 11.2 Å². The topological polar surface area (TPSA) is 92.4 Å². The van der Waals surface area contributed by atoms with Gasteiger partial charge >= 0.3 is 6.18 Å². The van der Waals surface area contributed by atoms with E-state index < -0.39 is 43.7 Å². The minimum absolute atomic E-state index is 0.176. The molecule has 184 valence electrons. The second-order valence-electron chi connectivity index (χ2n) is 8.15. The molecule has 0 aliphatic heterocycles. The molecule has 0 aliphatic carbocycles. The zero-order valence-electron chi connectivity index (χ0n) is 18.1. The lowest BCUT2D eigenvalue weighted by molar-refractivity contribution is -0.247. The van der Waals surface area contributed by atoms with E-state index in [0.717, 1.165) is 24.3 Å². The van der Waals surface area contributed by atoms with Crippen molar-refractivity contribution in [2.45, 2.75) is 16.7 Å². The molecular formula is C25H16F4N2O4S. The molecule has 0 saturated heterocycles. The molecule has 1 aromatic heterocycles. The van der Waals surface area contributed by atoms with Gasteiger partial charge in [-0.1, -0.05) is 36.4 Å². The van der Waals surface area contributed by atoms with Gasteiger partial charge in [0.1, 0.15) is 10.7 Å². The van der Waals surface area contributed by atoms with Crippen molar-refractivity contribution in [3.05, 3.63) is 102 Å². The Morgan fingerprint density at radius 2 is 1.53 bits per heavy atom. The zero-order valence-corrected chi connectivity index (χ0v) is 18.9. The maximum absolute atomic E-state index is 14.6. The number of fused-ring (bicyclic) bond motifs is 2. The van der Waals surface area contributed by atoms with Gasteiger partial charge in [0.15, 0.2) is 0 Å². The van der Waals surface area contributed by atoms with Crippen LogP contribution in [0.25, 0.3) is 27.4 Å². The number of hydrogen-bond donors (Lipinski definition) is 2. The Morgan fingerprint density at radius 3 is 2.17 bits per heavy atom. The van der Waals surface area contributed by atoms with Gasteiger partial charge in [0.25, 0.3) is 10.1 Å². The van der Waals surface area contributed by atoms with Crippen LogP contribution in [-0.4, -0.2) is 34.0 Å². The van der Waals surface area contributed by atoms with E-state index in [1.54, 1.807) is 0 Å². The predicted molar refractivity (Wildman–Crippen MR) is 124 cm³/mol. The molecule has 0 spiro atoms. The van der Waals surface area contributed by atoms with Crippen LogP contribution in [0.5, 0.6) is 0 Å². The van der Waals surface area contributed by atoms with Gasteiger partial charge in [-0.25, -0.2) is 9.07 Å². The van der Waals surface area contributed by atoms with Crippen molar-refractivity contribution in [2.24, 2.45) is 0 Å². The zero-order chi connectivity index (χ0) is 25.9. The molecular weight excluding hydrogens is 500 g/mol. The van der Waals surface area contributed by atoms with Gasteiger partial charge in [0.2, 0.25) is 5.60 Å². The fraction of sp³-hybridized carbons (Fsp3) is 0.0800. The first-order valence-electron chi connectivity index (χ1n) is 10.4. The Balaban J connectivity index is 1.74. The van der Waals surface area contributed by atoms with Crippen molar-refractivity contribution in [1.29, 1.82) is 0 Å². The van der Waals surface area contributed by atoms with E-state index in [-0.39, 0.29) is 16.2 Å². The third-order valence-electron chi connectivity index (χ3n) is 6.02. The van der Waals surface area contributed by atoms with Crippen molar-refractivity contribution >= 4 is 31.8 Å². The Morgan fingerprint density at radius 1 is 0.861 bits per heavy atom.